The quantitative estimate of drug-likeness (QED) is 0.777. The molecule has 1 aliphatic rings. The van der Waals surface area contributed by atoms with Crippen molar-refractivity contribution in [2.24, 2.45) is 0 Å². The summed E-state index contributed by atoms with van der Waals surface area (Å²) in [6.07, 6.45) is 1.33. The summed E-state index contributed by atoms with van der Waals surface area (Å²) in [7, 11) is 1.63. The number of carbonyl (C=O) groups excluding carboxylic acids is 1. The smallest absolute Gasteiger partial charge is 0.336 e. The summed E-state index contributed by atoms with van der Waals surface area (Å²) in [6, 6.07) is 4.91. The van der Waals surface area contributed by atoms with Gasteiger partial charge in [0.25, 0.3) is 5.91 Å². The number of fused-ring (bicyclic) bond motifs is 1. The van der Waals surface area contributed by atoms with E-state index in [1.54, 1.807) is 13.2 Å². The van der Waals surface area contributed by atoms with Gasteiger partial charge in [-0.3, -0.25) is 4.79 Å². The van der Waals surface area contributed by atoms with Crippen LogP contribution in [0.5, 0.6) is 5.75 Å². The number of hydrogen-bond donors (Lipinski definition) is 1. The van der Waals surface area contributed by atoms with Gasteiger partial charge in [0, 0.05) is 19.8 Å². The minimum Gasteiger partial charge on any atom is -0.483 e. The lowest BCUT2D eigenvalue weighted by Crippen LogP contribution is -2.51. The summed E-state index contributed by atoms with van der Waals surface area (Å²) in [5.74, 6) is 0.279. The average molecular weight is 375 g/mol. The number of rotatable bonds is 6. The zero-order valence-electron chi connectivity index (χ0n) is 15.9. The van der Waals surface area contributed by atoms with E-state index >= 15 is 0 Å². The number of aryl methyl sites for hydroxylation is 2. The second kappa shape index (κ2) is 8.54. The first-order valence-electron chi connectivity index (χ1n) is 9.12. The summed E-state index contributed by atoms with van der Waals surface area (Å²) in [4.78, 5) is 24.1. The molecule has 0 saturated carbocycles. The van der Waals surface area contributed by atoms with Gasteiger partial charge in [-0.25, -0.2) is 4.79 Å². The van der Waals surface area contributed by atoms with Crippen LogP contribution in [0.1, 0.15) is 24.5 Å². The Morgan fingerprint density at radius 3 is 2.89 bits per heavy atom. The molecule has 1 aliphatic heterocycles. The highest BCUT2D eigenvalue weighted by Gasteiger charge is 2.27. The van der Waals surface area contributed by atoms with Gasteiger partial charge >= 0.3 is 5.63 Å². The molecule has 7 nitrogen and oxygen atoms in total. The monoisotopic (exact) mass is 375 g/mol. The Hall–Kier alpha value is -2.38. The van der Waals surface area contributed by atoms with Gasteiger partial charge in [0.1, 0.15) is 11.3 Å². The molecule has 2 aromatic rings. The normalized spacial score (nSPS) is 19.8. The van der Waals surface area contributed by atoms with Gasteiger partial charge in [-0.2, -0.15) is 0 Å². The van der Waals surface area contributed by atoms with Crippen LogP contribution >= 0.6 is 0 Å². The lowest BCUT2D eigenvalue weighted by atomic mass is 10.0. The van der Waals surface area contributed by atoms with E-state index in [0.29, 0.717) is 31.0 Å². The van der Waals surface area contributed by atoms with Crippen molar-refractivity contribution in [1.82, 2.24) is 5.32 Å². The van der Waals surface area contributed by atoms with Crippen LogP contribution in [0.4, 0.5) is 0 Å². The van der Waals surface area contributed by atoms with Crippen LogP contribution in [0.2, 0.25) is 0 Å². The molecule has 146 valence electrons. The molecule has 1 aromatic carbocycles. The third kappa shape index (κ3) is 4.48. The van der Waals surface area contributed by atoms with Crippen molar-refractivity contribution < 1.29 is 23.4 Å². The maximum Gasteiger partial charge on any atom is 0.336 e. The molecule has 0 spiro atoms. The highest BCUT2D eigenvalue weighted by atomic mass is 16.5. The summed E-state index contributed by atoms with van der Waals surface area (Å²) >= 11 is 0. The van der Waals surface area contributed by atoms with Gasteiger partial charge < -0.3 is 23.9 Å². The summed E-state index contributed by atoms with van der Waals surface area (Å²) < 4.78 is 21.9. The minimum absolute atomic E-state index is 0.0662. The molecule has 0 bridgehead atoms. The van der Waals surface area contributed by atoms with E-state index < -0.39 is 5.63 Å². The van der Waals surface area contributed by atoms with E-state index in [9.17, 15) is 9.59 Å². The molecule has 2 atom stereocenters. The number of nitrogens with one attached hydrogen (secondary N) is 1. The van der Waals surface area contributed by atoms with Gasteiger partial charge in [-0.05, 0) is 43.0 Å². The van der Waals surface area contributed by atoms with E-state index in [1.165, 1.54) is 6.07 Å². The van der Waals surface area contributed by atoms with Gasteiger partial charge in [-0.1, -0.05) is 6.92 Å². The first-order chi connectivity index (χ1) is 13.0. The van der Waals surface area contributed by atoms with Crippen LogP contribution in [-0.2, 0) is 20.7 Å². The van der Waals surface area contributed by atoms with Gasteiger partial charge in [-0.15, -0.1) is 0 Å². The molecule has 0 radical (unpaired) electrons. The Bertz CT molecular complexity index is 875. The fourth-order valence-electron chi connectivity index (χ4n) is 3.39. The summed E-state index contributed by atoms with van der Waals surface area (Å²) in [6.45, 7) is 4.74. The molecule has 2 heterocycles. The molecule has 27 heavy (non-hydrogen) atoms. The number of carbonyl (C=O) groups is 1. The highest BCUT2D eigenvalue weighted by Crippen LogP contribution is 2.30. The summed E-state index contributed by atoms with van der Waals surface area (Å²) in [5, 5.41) is 3.63. The van der Waals surface area contributed by atoms with Crippen molar-refractivity contribution in [1.29, 1.82) is 0 Å². The Labute approximate surface area is 157 Å². The zero-order valence-corrected chi connectivity index (χ0v) is 15.9. The van der Waals surface area contributed by atoms with E-state index in [2.05, 4.69) is 5.32 Å². The van der Waals surface area contributed by atoms with Crippen molar-refractivity contribution in [2.75, 3.05) is 26.9 Å². The van der Waals surface area contributed by atoms with Crippen LogP contribution in [0.3, 0.4) is 0 Å². The van der Waals surface area contributed by atoms with Gasteiger partial charge in [0.05, 0.1) is 24.1 Å². The van der Waals surface area contributed by atoms with Crippen molar-refractivity contribution >= 4 is 16.9 Å². The molecule has 1 amide bonds. The fraction of sp³-hybridized carbons (Fsp3) is 0.500. The van der Waals surface area contributed by atoms with E-state index in [-0.39, 0.29) is 24.7 Å². The highest BCUT2D eigenvalue weighted by molar-refractivity contribution is 5.88. The van der Waals surface area contributed by atoms with Crippen LogP contribution < -0.4 is 15.7 Å². The lowest BCUT2D eigenvalue weighted by Gasteiger charge is -2.30. The first kappa shape index (κ1) is 19.4. The zero-order chi connectivity index (χ0) is 19.4. The van der Waals surface area contributed by atoms with Crippen LogP contribution in [0.15, 0.2) is 27.4 Å². The SMILES string of the molecule is CCc1cc(=O)oc2cc(C)cc(OCC(=O)N[C@@H]3COCC[C@H]3OC)c12. The molecule has 7 heteroatoms. The molecule has 1 fully saturated rings. The maximum atomic E-state index is 12.4. The number of ether oxygens (including phenoxy) is 3. The largest absolute Gasteiger partial charge is 0.483 e. The lowest BCUT2D eigenvalue weighted by molar-refractivity contribution is -0.127. The van der Waals surface area contributed by atoms with Crippen LogP contribution in [0, 0.1) is 6.92 Å². The van der Waals surface area contributed by atoms with E-state index in [4.69, 9.17) is 18.6 Å². The van der Waals surface area contributed by atoms with Crippen molar-refractivity contribution in [2.45, 2.75) is 38.8 Å². The topological polar surface area (TPSA) is 87.0 Å². The van der Waals surface area contributed by atoms with Crippen LogP contribution in [-0.4, -0.2) is 45.0 Å². The van der Waals surface area contributed by atoms with E-state index in [1.807, 2.05) is 19.9 Å². The maximum absolute atomic E-state index is 12.4. The van der Waals surface area contributed by atoms with Crippen molar-refractivity contribution in [3.05, 3.63) is 39.7 Å². The van der Waals surface area contributed by atoms with Crippen molar-refractivity contribution in [3.8, 4) is 5.75 Å². The molecule has 0 unspecified atom stereocenters. The second-order valence-corrected chi connectivity index (χ2v) is 6.68. The third-order valence-electron chi connectivity index (χ3n) is 4.72. The Morgan fingerprint density at radius 2 is 2.15 bits per heavy atom. The Balaban J connectivity index is 1.76. The number of amides is 1. The predicted molar refractivity (Wildman–Crippen MR) is 100 cm³/mol. The number of benzene rings is 1. The summed E-state index contributed by atoms with van der Waals surface area (Å²) in [5.41, 5.74) is 1.79. The molecule has 1 aromatic heterocycles. The Morgan fingerprint density at radius 1 is 1.33 bits per heavy atom. The molecule has 3 rings (SSSR count). The second-order valence-electron chi connectivity index (χ2n) is 6.68. The standard InChI is InChI=1S/C20H25NO6/c1-4-13-9-19(23)27-17-8-12(2)7-16(20(13)17)26-11-18(22)21-14-10-25-6-5-15(14)24-3/h7-9,14-15H,4-6,10-11H2,1-3H3,(H,21,22)/t14-,15-/m1/s1. The average Bonchev–Trinajstić information content (AvgIpc) is 2.65. The minimum atomic E-state index is -0.392. The molecular formula is C20H25NO6. The number of hydrogen-bond acceptors (Lipinski definition) is 6. The van der Waals surface area contributed by atoms with Crippen molar-refractivity contribution in [3.63, 3.8) is 0 Å². The third-order valence-corrected chi connectivity index (χ3v) is 4.72. The van der Waals surface area contributed by atoms with Gasteiger partial charge in [0.2, 0.25) is 0 Å². The predicted octanol–water partition coefficient (Wildman–Crippen LogP) is 1.96. The van der Waals surface area contributed by atoms with E-state index in [0.717, 1.165) is 22.9 Å². The Kier molecular flexibility index (Phi) is 6.13. The molecule has 0 aliphatic carbocycles. The fourth-order valence-corrected chi connectivity index (χ4v) is 3.39. The van der Waals surface area contributed by atoms with Gasteiger partial charge in [0.15, 0.2) is 6.61 Å². The molecule has 1 saturated heterocycles. The molecular weight excluding hydrogens is 350 g/mol. The van der Waals surface area contributed by atoms with Crippen LogP contribution in [0.25, 0.3) is 11.0 Å². The number of methoxy groups -OCH3 is 1. The molecule has 1 N–H and O–H groups in total. The first-order valence-corrected chi connectivity index (χ1v) is 9.12.